The molecule has 1 aromatic carbocycles. The Morgan fingerprint density at radius 2 is 2.20 bits per heavy atom. The van der Waals surface area contributed by atoms with Gasteiger partial charge < -0.3 is 10.4 Å². The predicted molar refractivity (Wildman–Crippen MR) is 59.1 cm³/mol. The zero-order valence-electron chi connectivity index (χ0n) is 9.20. The maximum atomic E-state index is 13.0. The van der Waals surface area contributed by atoms with Gasteiger partial charge in [-0.1, -0.05) is 19.1 Å². The first-order chi connectivity index (χ1) is 7.13. The highest BCUT2D eigenvalue weighted by atomic mass is 19.1. The minimum atomic E-state index is -0.382. The van der Waals surface area contributed by atoms with Gasteiger partial charge in [0.15, 0.2) is 0 Å². The number of benzene rings is 1. The fraction of sp³-hybridized carbons (Fsp3) is 0.500. The third-order valence-corrected chi connectivity index (χ3v) is 2.32. The van der Waals surface area contributed by atoms with E-state index in [-0.39, 0.29) is 18.0 Å². The molecule has 15 heavy (non-hydrogen) atoms. The van der Waals surface area contributed by atoms with Crippen molar-refractivity contribution >= 4 is 0 Å². The van der Waals surface area contributed by atoms with E-state index in [1.807, 2.05) is 13.0 Å². The van der Waals surface area contributed by atoms with Crippen LogP contribution in [0.1, 0.15) is 31.9 Å². The van der Waals surface area contributed by atoms with Crippen LogP contribution in [-0.2, 0) is 0 Å². The van der Waals surface area contributed by atoms with Gasteiger partial charge >= 0.3 is 0 Å². The van der Waals surface area contributed by atoms with Crippen LogP contribution in [0, 0.1) is 5.82 Å². The smallest absolute Gasteiger partial charge is 0.123 e. The summed E-state index contributed by atoms with van der Waals surface area (Å²) in [6.45, 7) is 4.28. The van der Waals surface area contributed by atoms with Gasteiger partial charge in [-0.15, -0.1) is 0 Å². The first kappa shape index (κ1) is 12.1. The Balaban J connectivity index is 2.65. The van der Waals surface area contributed by atoms with Gasteiger partial charge in [0.25, 0.3) is 0 Å². The van der Waals surface area contributed by atoms with Crippen molar-refractivity contribution in [2.45, 2.75) is 32.4 Å². The van der Waals surface area contributed by atoms with E-state index in [4.69, 9.17) is 5.11 Å². The van der Waals surface area contributed by atoms with Crippen LogP contribution in [0.15, 0.2) is 24.3 Å². The largest absolute Gasteiger partial charge is 0.392 e. The number of aliphatic hydroxyl groups excluding tert-OH is 1. The Hall–Kier alpha value is -0.930. The molecule has 2 nitrogen and oxygen atoms in total. The van der Waals surface area contributed by atoms with Crippen LogP contribution < -0.4 is 5.32 Å². The second-order valence-corrected chi connectivity index (χ2v) is 3.77. The zero-order valence-corrected chi connectivity index (χ0v) is 9.20. The van der Waals surface area contributed by atoms with Crippen molar-refractivity contribution in [3.63, 3.8) is 0 Å². The Bertz CT molecular complexity index is 301. The first-order valence-electron chi connectivity index (χ1n) is 5.30. The molecule has 0 fully saturated rings. The van der Waals surface area contributed by atoms with Gasteiger partial charge in [-0.3, -0.25) is 0 Å². The molecule has 0 aromatic heterocycles. The molecule has 0 amide bonds. The fourth-order valence-corrected chi connectivity index (χ4v) is 1.53. The molecule has 0 aliphatic rings. The molecule has 0 radical (unpaired) electrons. The molecule has 84 valence electrons. The van der Waals surface area contributed by atoms with Gasteiger partial charge in [0.05, 0.1) is 6.10 Å². The van der Waals surface area contributed by atoms with Crippen LogP contribution in [0.4, 0.5) is 4.39 Å². The topological polar surface area (TPSA) is 32.3 Å². The quantitative estimate of drug-likeness (QED) is 0.783. The summed E-state index contributed by atoms with van der Waals surface area (Å²) >= 11 is 0. The minimum Gasteiger partial charge on any atom is -0.392 e. The first-order valence-corrected chi connectivity index (χ1v) is 5.30. The second-order valence-electron chi connectivity index (χ2n) is 3.77. The molecule has 1 rings (SSSR count). The van der Waals surface area contributed by atoms with Crippen molar-refractivity contribution in [2.24, 2.45) is 0 Å². The van der Waals surface area contributed by atoms with Crippen LogP contribution in [0.25, 0.3) is 0 Å². The maximum absolute atomic E-state index is 13.0. The van der Waals surface area contributed by atoms with E-state index in [0.717, 1.165) is 12.0 Å². The number of halogens is 1. The lowest BCUT2D eigenvalue weighted by Crippen LogP contribution is -2.28. The lowest BCUT2D eigenvalue weighted by atomic mass is 10.0. The average Bonchev–Trinajstić information content (AvgIpc) is 2.18. The number of rotatable bonds is 5. The molecule has 1 aromatic rings. The van der Waals surface area contributed by atoms with Crippen LogP contribution >= 0.6 is 0 Å². The molecule has 0 aliphatic carbocycles. The normalized spacial score (nSPS) is 14.9. The van der Waals surface area contributed by atoms with Crippen LogP contribution in [0.3, 0.4) is 0 Å². The summed E-state index contributed by atoms with van der Waals surface area (Å²) in [6.07, 6.45) is 0.489. The molecule has 0 heterocycles. The molecular formula is C12H18FNO. The highest BCUT2D eigenvalue weighted by Gasteiger charge is 2.09. The van der Waals surface area contributed by atoms with E-state index < -0.39 is 0 Å². The van der Waals surface area contributed by atoms with Gasteiger partial charge in [0.2, 0.25) is 0 Å². The van der Waals surface area contributed by atoms with Crippen LogP contribution in [0.5, 0.6) is 0 Å². The van der Waals surface area contributed by atoms with Gasteiger partial charge in [0.1, 0.15) is 5.82 Å². The van der Waals surface area contributed by atoms with Crippen molar-refractivity contribution in [1.29, 1.82) is 0 Å². The fourth-order valence-electron chi connectivity index (χ4n) is 1.53. The van der Waals surface area contributed by atoms with E-state index in [0.29, 0.717) is 6.54 Å². The van der Waals surface area contributed by atoms with Crippen LogP contribution in [0.2, 0.25) is 0 Å². The van der Waals surface area contributed by atoms with Crippen molar-refractivity contribution in [3.8, 4) is 0 Å². The number of nitrogens with one attached hydrogen (secondary N) is 1. The van der Waals surface area contributed by atoms with Crippen molar-refractivity contribution in [2.75, 3.05) is 6.54 Å². The highest BCUT2D eigenvalue weighted by Crippen LogP contribution is 2.17. The molecule has 2 N–H and O–H groups in total. The van der Waals surface area contributed by atoms with Gasteiger partial charge in [-0.2, -0.15) is 0 Å². The van der Waals surface area contributed by atoms with Gasteiger partial charge in [0, 0.05) is 12.6 Å². The Morgan fingerprint density at radius 1 is 1.47 bits per heavy atom. The van der Waals surface area contributed by atoms with E-state index in [1.54, 1.807) is 13.0 Å². The summed E-state index contributed by atoms with van der Waals surface area (Å²) in [5, 5.41) is 12.4. The van der Waals surface area contributed by atoms with Crippen LogP contribution in [-0.4, -0.2) is 17.8 Å². The molecular weight excluding hydrogens is 193 g/mol. The van der Waals surface area contributed by atoms with Crippen molar-refractivity contribution in [3.05, 3.63) is 35.6 Å². The summed E-state index contributed by atoms with van der Waals surface area (Å²) in [6, 6.07) is 6.67. The SMILES string of the molecule is CCC(NCC(C)O)c1cccc(F)c1. The summed E-state index contributed by atoms with van der Waals surface area (Å²) < 4.78 is 13.0. The van der Waals surface area contributed by atoms with E-state index in [1.165, 1.54) is 12.1 Å². The minimum absolute atomic E-state index is 0.107. The van der Waals surface area contributed by atoms with Crippen molar-refractivity contribution in [1.82, 2.24) is 5.32 Å². The molecule has 2 unspecified atom stereocenters. The van der Waals surface area contributed by atoms with Crippen molar-refractivity contribution < 1.29 is 9.50 Å². The van der Waals surface area contributed by atoms with E-state index in [9.17, 15) is 4.39 Å². The molecule has 0 saturated heterocycles. The Labute approximate surface area is 90.1 Å². The summed E-state index contributed by atoms with van der Waals surface area (Å²) in [5.41, 5.74) is 0.929. The van der Waals surface area contributed by atoms with Gasteiger partial charge in [-0.25, -0.2) is 4.39 Å². The standard InChI is InChI=1S/C12H18FNO/c1-3-12(14-8-9(2)15)10-5-4-6-11(13)7-10/h4-7,9,12,14-15H,3,8H2,1-2H3. The Kier molecular flexibility index (Phi) is 4.72. The molecule has 0 aliphatic heterocycles. The van der Waals surface area contributed by atoms with Gasteiger partial charge in [-0.05, 0) is 31.0 Å². The average molecular weight is 211 g/mol. The maximum Gasteiger partial charge on any atom is 0.123 e. The molecule has 0 spiro atoms. The monoisotopic (exact) mass is 211 g/mol. The third kappa shape index (κ3) is 3.98. The highest BCUT2D eigenvalue weighted by molar-refractivity contribution is 5.20. The summed E-state index contributed by atoms with van der Waals surface area (Å²) in [7, 11) is 0. The lowest BCUT2D eigenvalue weighted by molar-refractivity contribution is 0.185. The number of hydrogen-bond donors (Lipinski definition) is 2. The van der Waals surface area contributed by atoms with E-state index >= 15 is 0 Å². The lowest BCUT2D eigenvalue weighted by Gasteiger charge is -2.18. The summed E-state index contributed by atoms with van der Waals surface area (Å²) in [5.74, 6) is -0.218. The Morgan fingerprint density at radius 3 is 2.73 bits per heavy atom. The van der Waals surface area contributed by atoms with E-state index in [2.05, 4.69) is 5.32 Å². The zero-order chi connectivity index (χ0) is 11.3. The molecule has 0 bridgehead atoms. The number of hydrogen-bond acceptors (Lipinski definition) is 2. The molecule has 0 saturated carbocycles. The number of aliphatic hydroxyl groups is 1. The summed E-state index contributed by atoms with van der Waals surface area (Å²) in [4.78, 5) is 0. The molecule has 2 atom stereocenters. The third-order valence-electron chi connectivity index (χ3n) is 2.32. The molecule has 3 heteroatoms. The second kappa shape index (κ2) is 5.83. The predicted octanol–water partition coefficient (Wildman–Crippen LogP) is 2.25.